The standard InChI is InChI=1S/C19H15F4N3O3/c1-2-29-17(28)14-16(27)25-15(13-5-3-4-10-24-13)26-18(14,19(21,22)23)11-6-8-12(20)9-7-11/h3-10,14H,2H2,1H3,(H,25,26,27). The largest absolute Gasteiger partial charge is 0.465 e. The number of nitrogens with one attached hydrogen (secondary N) is 1. The first-order valence-electron chi connectivity index (χ1n) is 8.52. The summed E-state index contributed by atoms with van der Waals surface area (Å²) in [5.41, 5.74) is -3.92. The number of esters is 1. The lowest BCUT2D eigenvalue weighted by Crippen LogP contribution is -2.61. The molecule has 1 N–H and O–H groups in total. The van der Waals surface area contributed by atoms with Crippen LogP contribution in [-0.2, 0) is 19.9 Å². The smallest absolute Gasteiger partial charge is 0.419 e. The summed E-state index contributed by atoms with van der Waals surface area (Å²) >= 11 is 0. The van der Waals surface area contributed by atoms with Crippen LogP contribution in [0.2, 0.25) is 0 Å². The summed E-state index contributed by atoms with van der Waals surface area (Å²) in [5, 5.41) is 2.20. The molecule has 152 valence electrons. The van der Waals surface area contributed by atoms with Crippen molar-refractivity contribution in [3.05, 3.63) is 65.7 Å². The lowest BCUT2D eigenvalue weighted by molar-refractivity contribution is -0.213. The van der Waals surface area contributed by atoms with E-state index in [1.165, 1.54) is 31.3 Å². The Kier molecular flexibility index (Phi) is 5.36. The van der Waals surface area contributed by atoms with Gasteiger partial charge >= 0.3 is 12.1 Å². The lowest BCUT2D eigenvalue weighted by Gasteiger charge is -2.40. The molecule has 2 heterocycles. The molecule has 0 aliphatic carbocycles. The van der Waals surface area contributed by atoms with E-state index in [1.54, 1.807) is 0 Å². The molecule has 1 amide bonds. The number of pyridine rings is 1. The molecule has 29 heavy (non-hydrogen) atoms. The number of aromatic nitrogens is 1. The van der Waals surface area contributed by atoms with Crippen LogP contribution in [0.15, 0.2) is 53.7 Å². The van der Waals surface area contributed by atoms with Crippen molar-refractivity contribution in [2.75, 3.05) is 6.61 Å². The van der Waals surface area contributed by atoms with Gasteiger partial charge in [-0.3, -0.25) is 14.6 Å². The van der Waals surface area contributed by atoms with Gasteiger partial charge in [-0.15, -0.1) is 0 Å². The van der Waals surface area contributed by atoms with E-state index < -0.39 is 46.7 Å². The Bertz CT molecular complexity index is 945. The Labute approximate surface area is 162 Å². The van der Waals surface area contributed by atoms with Gasteiger partial charge in [-0.2, -0.15) is 13.2 Å². The van der Waals surface area contributed by atoms with Crippen LogP contribution in [0.4, 0.5) is 17.6 Å². The third kappa shape index (κ3) is 3.57. The molecule has 1 aliphatic heterocycles. The molecule has 0 saturated heterocycles. The van der Waals surface area contributed by atoms with Crippen LogP contribution in [0.25, 0.3) is 0 Å². The highest BCUT2D eigenvalue weighted by Gasteiger charge is 2.68. The number of rotatable bonds is 4. The topological polar surface area (TPSA) is 80.7 Å². The number of nitrogens with zero attached hydrogens (tertiary/aromatic N) is 2. The highest BCUT2D eigenvalue weighted by molar-refractivity contribution is 6.14. The minimum absolute atomic E-state index is 0.0288. The molecule has 0 bridgehead atoms. The summed E-state index contributed by atoms with van der Waals surface area (Å²) in [4.78, 5) is 32.8. The Morgan fingerprint density at radius 3 is 2.45 bits per heavy atom. The van der Waals surface area contributed by atoms with Gasteiger partial charge in [0.05, 0.1) is 6.61 Å². The molecular weight excluding hydrogens is 394 g/mol. The fraction of sp³-hybridized carbons (Fsp3) is 0.263. The second-order valence-electron chi connectivity index (χ2n) is 6.12. The van der Waals surface area contributed by atoms with Gasteiger partial charge in [0.1, 0.15) is 11.5 Å². The second-order valence-corrected chi connectivity index (χ2v) is 6.12. The fourth-order valence-corrected chi connectivity index (χ4v) is 3.10. The first-order chi connectivity index (χ1) is 13.7. The fourth-order valence-electron chi connectivity index (χ4n) is 3.10. The third-order valence-electron chi connectivity index (χ3n) is 4.36. The maximum Gasteiger partial charge on any atom is 0.419 e. The number of amidine groups is 1. The van der Waals surface area contributed by atoms with Crippen LogP contribution in [-0.4, -0.2) is 35.5 Å². The Morgan fingerprint density at radius 1 is 1.21 bits per heavy atom. The van der Waals surface area contributed by atoms with Crippen molar-refractivity contribution in [3.8, 4) is 0 Å². The van der Waals surface area contributed by atoms with Crippen molar-refractivity contribution in [2.24, 2.45) is 10.9 Å². The average molecular weight is 409 g/mol. The van der Waals surface area contributed by atoms with Crippen LogP contribution >= 0.6 is 0 Å². The Hall–Kier alpha value is -3.30. The first-order valence-corrected chi connectivity index (χ1v) is 8.52. The number of hydrogen-bond donors (Lipinski definition) is 1. The van der Waals surface area contributed by atoms with Gasteiger partial charge in [-0.05, 0) is 36.8 Å². The van der Waals surface area contributed by atoms with Gasteiger partial charge in [0, 0.05) is 6.20 Å². The second kappa shape index (κ2) is 7.61. The number of ether oxygens (including phenoxy) is 1. The van der Waals surface area contributed by atoms with E-state index in [9.17, 15) is 27.2 Å². The zero-order chi connectivity index (χ0) is 21.2. The van der Waals surface area contributed by atoms with E-state index in [4.69, 9.17) is 4.74 Å². The van der Waals surface area contributed by atoms with Gasteiger partial charge in [0.2, 0.25) is 11.4 Å². The predicted octanol–water partition coefficient (Wildman–Crippen LogP) is 2.73. The summed E-state index contributed by atoms with van der Waals surface area (Å²) in [6.45, 7) is 1.16. The number of alkyl halides is 3. The van der Waals surface area contributed by atoms with E-state index in [-0.39, 0.29) is 12.3 Å². The molecule has 1 aromatic carbocycles. The number of benzene rings is 1. The van der Waals surface area contributed by atoms with Crippen LogP contribution < -0.4 is 5.32 Å². The maximum atomic E-state index is 14.5. The molecule has 0 fully saturated rings. The minimum Gasteiger partial charge on any atom is -0.465 e. The van der Waals surface area contributed by atoms with Crippen molar-refractivity contribution in [1.29, 1.82) is 0 Å². The monoisotopic (exact) mass is 409 g/mol. The highest BCUT2D eigenvalue weighted by Crippen LogP contribution is 2.50. The molecule has 10 heteroatoms. The minimum atomic E-state index is -5.19. The summed E-state index contributed by atoms with van der Waals surface area (Å²) in [6.07, 6.45) is -3.88. The molecule has 1 aromatic heterocycles. The maximum absolute atomic E-state index is 14.5. The number of halogens is 4. The van der Waals surface area contributed by atoms with Gasteiger partial charge in [-0.25, -0.2) is 9.38 Å². The van der Waals surface area contributed by atoms with Crippen LogP contribution in [0, 0.1) is 11.7 Å². The molecule has 0 saturated carbocycles. The number of amides is 1. The molecule has 3 rings (SSSR count). The molecule has 2 aromatic rings. The number of hydrogen-bond acceptors (Lipinski definition) is 5. The predicted molar refractivity (Wildman–Crippen MR) is 93.2 cm³/mol. The number of aliphatic imine (C=N–C) groups is 1. The normalized spacial score (nSPS) is 21.9. The highest BCUT2D eigenvalue weighted by atomic mass is 19.4. The van der Waals surface area contributed by atoms with Crippen LogP contribution in [0.1, 0.15) is 18.2 Å². The summed E-state index contributed by atoms with van der Waals surface area (Å²) in [5.74, 6) is -6.25. The van der Waals surface area contributed by atoms with Gasteiger partial charge in [0.15, 0.2) is 11.8 Å². The van der Waals surface area contributed by atoms with Gasteiger partial charge in [0.25, 0.3) is 0 Å². The van der Waals surface area contributed by atoms with Gasteiger partial charge in [-0.1, -0.05) is 18.2 Å². The lowest BCUT2D eigenvalue weighted by atomic mass is 9.75. The van der Waals surface area contributed by atoms with Crippen molar-refractivity contribution >= 4 is 17.7 Å². The summed E-state index contributed by atoms with van der Waals surface area (Å²) in [6, 6.07) is 7.67. The third-order valence-corrected chi connectivity index (χ3v) is 4.36. The van der Waals surface area contributed by atoms with Gasteiger partial charge < -0.3 is 10.1 Å². The summed E-state index contributed by atoms with van der Waals surface area (Å²) < 4.78 is 61.6. The summed E-state index contributed by atoms with van der Waals surface area (Å²) in [7, 11) is 0. The van der Waals surface area contributed by atoms with E-state index in [0.717, 1.165) is 24.3 Å². The van der Waals surface area contributed by atoms with Crippen molar-refractivity contribution in [3.63, 3.8) is 0 Å². The van der Waals surface area contributed by atoms with Crippen LogP contribution in [0.3, 0.4) is 0 Å². The van der Waals surface area contributed by atoms with Crippen molar-refractivity contribution < 1.29 is 31.9 Å². The molecule has 0 radical (unpaired) electrons. The number of carbonyl (C=O) groups is 2. The molecule has 0 spiro atoms. The number of carbonyl (C=O) groups excluding carboxylic acids is 2. The van der Waals surface area contributed by atoms with E-state index in [1.807, 2.05) is 0 Å². The SMILES string of the molecule is CCOC(=O)C1C(=O)NC(c2ccccn2)=NC1(c1ccc(F)cc1)C(F)(F)F. The van der Waals surface area contributed by atoms with Crippen molar-refractivity contribution in [1.82, 2.24) is 10.3 Å². The van der Waals surface area contributed by atoms with Crippen LogP contribution in [0.5, 0.6) is 0 Å². The molecule has 2 unspecified atom stereocenters. The zero-order valence-electron chi connectivity index (χ0n) is 15.0. The van der Waals surface area contributed by atoms with E-state index in [2.05, 4.69) is 15.3 Å². The quantitative estimate of drug-likeness (QED) is 0.478. The Balaban J connectivity index is 2.33. The molecule has 1 aliphatic rings. The van der Waals surface area contributed by atoms with Crippen molar-refractivity contribution in [2.45, 2.75) is 18.6 Å². The van der Waals surface area contributed by atoms with E-state index in [0.29, 0.717) is 0 Å². The first kappa shape index (κ1) is 20.4. The average Bonchev–Trinajstić information content (AvgIpc) is 2.67. The molecular formula is C19H15F4N3O3. The molecule has 6 nitrogen and oxygen atoms in total. The zero-order valence-corrected chi connectivity index (χ0v) is 15.0. The molecule has 2 atom stereocenters. The Morgan fingerprint density at radius 2 is 1.90 bits per heavy atom. The van der Waals surface area contributed by atoms with E-state index >= 15 is 0 Å².